The molecule has 5 atom stereocenters. The van der Waals surface area contributed by atoms with Crippen LogP contribution in [0.5, 0.6) is 0 Å². The van der Waals surface area contributed by atoms with E-state index in [2.05, 4.69) is 16.0 Å². The van der Waals surface area contributed by atoms with Gasteiger partial charge < -0.3 is 35.3 Å². The van der Waals surface area contributed by atoms with Crippen molar-refractivity contribution in [2.75, 3.05) is 26.8 Å². The zero-order valence-electron chi connectivity index (χ0n) is 16.5. The van der Waals surface area contributed by atoms with Crippen LogP contribution in [0.25, 0.3) is 0 Å². The number of carbonyl (C=O) groups excluding carboxylic acids is 2. The molecule has 1 aliphatic carbocycles. The quantitative estimate of drug-likeness (QED) is 0.429. The first-order chi connectivity index (χ1) is 13.6. The van der Waals surface area contributed by atoms with E-state index in [1.54, 1.807) is 7.11 Å². The largest absolute Gasteiger partial charge is 0.388 e. The monoisotopic (exact) mass is 399 g/mol. The summed E-state index contributed by atoms with van der Waals surface area (Å²) >= 11 is 0. The van der Waals surface area contributed by atoms with Gasteiger partial charge in [-0.1, -0.05) is 19.3 Å². The van der Waals surface area contributed by atoms with Crippen LogP contribution in [0.1, 0.15) is 44.9 Å². The van der Waals surface area contributed by atoms with Gasteiger partial charge in [0.25, 0.3) is 0 Å². The van der Waals surface area contributed by atoms with Gasteiger partial charge in [0.2, 0.25) is 5.91 Å². The summed E-state index contributed by atoms with van der Waals surface area (Å²) in [5, 5.41) is 19.0. The molecule has 0 bridgehead atoms. The molecule has 4 N–H and O–H groups in total. The molecule has 2 saturated heterocycles. The molecular weight excluding hydrogens is 366 g/mol. The lowest BCUT2D eigenvalue weighted by atomic mass is 9.96. The van der Waals surface area contributed by atoms with Crippen LogP contribution in [-0.4, -0.2) is 80.4 Å². The molecular formula is C19H33N3O6. The predicted octanol–water partition coefficient (Wildman–Crippen LogP) is 0.0568. The summed E-state index contributed by atoms with van der Waals surface area (Å²) in [6.07, 6.45) is 4.10. The van der Waals surface area contributed by atoms with Crippen molar-refractivity contribution in [3.63, 3.8) is 0 Å². The second kappa shape index (κ2) is 10.4. The van der Waals surface area contributed by atoms with Crippen LogP contribution in [0.2, 0.25) is 0 Å². The van der Waals surface area contributed by atoms with Gasteiger partial charge >= 0.3 is 6.03 Å². The average Bonchev–Trinajstić information content (AvgIpc) is 3.19. The topological polar surface area (TPSA) is 118 Å². The lowest BCUT2D eigenvalue weighted by Crippen LogP contribution is -2.47. The summed E-state index contributed by atoms with van der Waals surface area (Å²) in [6, 6.07) is 0.0213. The predicted molar refractivity (Wildman–Crippen MR) is 101 cm³/mol. The van der Waals surface area contributed by atoms with E-state index in [1.807, 2.05) is 0 Å². The highest BCUT2D eigenvalue weighted by Crippen LogP contribution is 2.35. The van der Waals surface area contributed by atoms with E-state index in [0.29, 0.717) is 19.6 Å². The third-order valence-electron chi connectivity index (χ3n) is 5.72. The summed E-state index contributed by atoms with van der Waals surface area (Å²) in [6.45, 7) is 1.16. The zero-order valence-corrected chi connectivity index (χ0v) is 16.5. The van der Waals surface area contributed by atoms with E-state index in [-0.39, 0.29) is 43.2 Å². The number of hydrogen-bond donors (Lipinski definition) is 4. The van der Waals surface area contributed by atoms with Crippen LogP contribution in [0.15, 0.2) is 0 Å². The van der Waals surface area contributed by atoms with Crippen molar-refractivity contribution in [3.05, 3.63) is 0 Å². The Kier molecular flexibility index (Phi) is 7.90. The maximum absolute atomic E-state index is 12.1. The van der Waals surface area contributed by atoms with Crippen LogP contribution in [0.4, 0.5) is 4.79 Å². The Morgan fingerprint density at radius 2 is 1.93 bits per heavy atom. The van der Waals surface area contributed by atoms with Crippen molar-refractivity contribution in [2.24, 2.45) is 0 Å². The van der Waals surface area contributed by atoms with Gasteiger partial charge in [-0.2, -0.15) is 0 Å². The molecule has 0 aromatic rings. The number of rotatable bonds is 8. The molecule has 2 heterocycles. The summed E-state index contributed by atoms with van der Waals surface area (Å²) in [7, 11) is 1.58. The fourth-order valence-electron chi connectivity index (χ4n) is 4.26. The number of amides is 3. The molecule has 9 heteroatoms. The number of nitrogens with one attached hydrogen (secondary N) is 3. The van der Waals surface area contributed by atoms with Gasteiger partial charge in [-0.05, 0) is 12.8 Å². The molecule has 0 aromatic heterocycles. The number of urea groups is 1. The second-order valence-corrected chi connectivity index (χ2v) is 7.90. The first-order valence-corrected chi connectivity index (χ1v) is 10.4. The smallest absolute Gasteiger partial charge is 0.315 e. The third kappa shape index (κ3) is 5.79. The van der Waals surface area contributed by atoms with E-state index in [4.69, 9.17) is 14.2 Å². The van der Waals surface area contributed by atoms with Crippen molar-refractivity contribution >= 4 is 11.9 Å². The van der Waals surface area contributed by atoms with Gasteiger partial charge in [0.15, 0.2) is 0 Å². The Hall–Kier alpha value is -1.42. The van der Waals surface area contributed by atoms with Gasteiger partial charge in [-0.3, -0.25) is 4.79 Å². The van der Waals surface area contributed by atoms with Crippen LogP contribution < -0.4 is 16.0 Å². The van der Waals surface area contributed by atoms with Crippen LogP contribution >= 0.6 is 0 Å². The minimum atomic E-state index is -0.818. The maximum atomic E-state index is 12.1. The summed E-state index contributed by atoms with van der Waals surface area (Å²) in [5.41, 5.74) is 0. The molecule has 5 unspecified atom stereocenters. The van der Waals surface area contributed by atoms with E-state index in [1.165, 1.54) is 6.42 Å². The maximum Gasteiger partial charge on any atom is 0.315 e. The number of aliphatic hydroxyl groups is 1. The molecule has 160 valence electrons. The summed E-state index contributed by atoms with van der Waals surface area (Å²) in [5.74, 6) is -0.103. The highest BCUT2D eigenvalue weighted by atomic mass is 16.6. The van der Waals surface area contributed by atoms with E-state index < -0.39 is 18.3 Å². The Morgan fingerprint density at radius 3 is 2.64 bits per heavy atom. The number of aliphatic hydroxyl groups excluding tert-OH is 1. The van der Waals surface area contributed by atoms with Crippen LogP contribution in [0, 0.1) is 0 Å². The highest BCUT2D eigenvalue weighted by Gasteiger charge is 2.50. The Balaban J connectivity index is 1.35. The third-order valence-corrected chi connectivity index (χ3v) is 5.72. The van der Waals surface area contributed by atoms with Crippen molar-refractivity contribution in [2.45, 2.75) is 81.5 Å². The number of ether oxygens (including phenoxy) is 3. The molecule has 3 amide bonds. The number of carbonyl (C=O) groups is 2. The molecule has 1 saturated carbocycles. The standard InChI is InChI=1S/C19H33N3O6/c1-26-8-7-20-16(23)10-13-9-14-18(27-13)17(24)15(28-14)11-21-19(25)22-12-5-3-2-4-6-12/h12-15,17-18,24H,2-11H2,1H3,(H,20,23)(H2,21,22,25). The summed E-state index contributed by atoms with van der Waals surface area (Å²) < 4.78 is 16.6. The Labute approximate surface area is 165 Å². The van der Waals surface area contributed by atoms with Crippen molar-refractivity contribution in [1.82, 2.24) is 16.0 Å². The van der Waals surface area contributed by atoms with Gasteiger partial charge in [0.1, 0.15) is 18.3 Å². The SMILES string of the molecule is COCCNC(=O)CC1CC2OC(CNC(=O)NC3CCCCC3)C(O)C2O1. The molecule has 3 fully saturated rings. The molecule has 0 spiro atoms. The second-order valence-electron chi connectivity index (χ2n) is 7.90. The van der Waals surface area contributed by atoms with E-state index >= 15 is 0 Å². The normalized spacial score (nSPS) is 32.7. The fourth-order valence-corrected chi connectivity index (χ4v) is 4.26. The fraction of sp³-hybridized carbons (Fsp3) is 0.895. The van der Waals surface area contributed by atoms with Gasteiger partial charge in [-0.15, -0.1) is 0 Å². The minimum absolute atomic E-state index is 0.103. The minimum Gasteiger partial charge on any atom is -0.388 e. The molecule has 9 nitrogen and oxygen atoms in total. The van der Waals surface area contributed by atoms with Crippen molar-refractivity contribution in [1.29, 1.82) is 0 Å². The van der Waals surface area contributed by atoms with Gasteiger partial charge in [0.05, 0.1) is 25.2 Å². The summed E-state index contributed by atoms with van der Waals surface area (Å²) in [4.78, 5) is 23.9. The average molecular weight is 399 g/mol. The molecule has 3 rings (SSSR count). The van der Waals surface area contributed by atoms with E-state index in [0.717, 1.165) is 25.7 Å². The Morgan fingerprint density at radius 1 is 1.14 bits per heavy atom. The molecule has 0 aromatic carbocycles. The van der Waals surface area contributed by atoms with Crippen molar-refractivity contribution in [3.8, 4) is 0 Å². The Bertz CT molecular complexity index is 528. The number of methoxy groups -OCH3 is 1. The lowest BCUT2D eigenvalue weighted by molar-refractivity contribution is -0.124. The van der Waals surface area contributed by atoms with E-state index in [9.17, 15) is 14.7 Å². The van der Waals surface area contributed by atoms with Crippen LogP contribution in [-0.2, 0) is 19.0 Å². The lowest BCUT2D eigenvalue weighted by Gasteiger charge is -2.24. The first-order valence-electron chi connectivity index (χ1n) is 10.4. The van der Waals surface area contributed by atoms with Crippen molar-refractivity contribution < 1.29 is 28.9 Å². The van der Waals surface area contributed by atoms with Gasteiger partial charge in [0, 0.05) is 32.7 Å². The van der Waals surface area contributed by atoms with Crippen LogP contribution in [0.3, 0.4) is 0 Å². The number of hydrogen-bond acceptors (Lipinski definition) is 6. The molecule has 2 aliphatic heterocycles. The number of fused-ring (bicyclic) bond motifs is 1. The van der Waals surface area contributed by atoms with Gasteiger partial charge in [-0.25, -0.2) is 4.79 Å². The zero-order chi connectivity index (χ0) is 19.9. The molecule has 0 radical (unpaired) electrons. The highest BCUT2D eigenvalue weighted by molar-refractivity contribution is 5.76. The molecule has 28 heavy (non-hydrogen) atoms. The first kappa shape index (κ1) is 21.3. The molecule has 3 aliphatic rings.